The Hall–Kier alpha value is -3.59. The van der Waals surface area contributed by atoms with Gasteiger partial charge in [0.2, 0.25) is 10.0 Å². The van der Waals surface area contributed by atoms with E-state index in [1.807, 2.05) is 19.2 Å². The first-order chi connectivity index (χ1) is 18.1. The van der Waals surface area contributed by atoms with Gasteiger partial charge in [0.1, 0.15) is 5.01 Å². The molecule has 2 aromatic carbocycles. The van der Waals surface area contributed by atoms with Gasteiger partial charge < -0.3 is 10.6 Å². The Labute approximate surface area is 226 Å². The molecular formula is C27H29N5O4S2. The minimum absolute atomic E-state index is 0.0770. The molecule has 0 spiro atoms. The van der Waals surface area contributed by atoms with Crippen molar-refractivity contribution >= 4 is 38.9 Å². The van der Waals surface area contributed by atoms with Gasteiger partial charge in [0.15, 0.2) is 0 Å². The summed E-state index contributed by atoms with van der Waals surface area (Å²) in [5.41, 5.74) is 2.42. The highest BCUT2D eigenvalue weighted by Crippen LogP contribution is 2.30. The number of piperidine rings is 1. The third-order valence-corrected chi connectivity index (χ3v) is 9.73. The average molecular weight is 552 g/mol. The molecule has 2 heterocycles. The molecule has 3 aromatic rings. The van der Waals surface area contributed by atoms with Crippen LogP contribution in [0.15, 0.2) is 58.8 Å². The molecule has 3 unspecified atom stereocenters. The van der Waals surface area contributed by atoms with E-state index in [-0.39, 0.29) is 17.0 Å². The largest absolute Gasteiger partial charge is 0.339 e. The summed E-state index contributed by atoms with van der Waals surface area (Å²) in [4.78, 5) is 29.7. The van der Waals surface area contributed by atoms with E-state index in [1.54, 1.807) is 35.5 Å². The van der Waals surface area contributed by atoms with Gasteiger partial charge in [0, 0.05) is 28.7 Å². The fourth-order valence-electron chi connectivity index (χ4n) is 4.55. The van der Waals surface area contributed by atoms with Crippen LogP contribution in [0.25, 0.3) is 11.3 Å². The first kappa shape index (κ1) is 27.4. The highest BCUT2D eigenvalue weighted by Gasteiger charge is 2.35. The van der Waals surface area contributed by atoms with Crippen LogP contribution in [0, 0.1) is 11.3 Å². The second kappa shape index (κ2) is 11.4. The highest BCUT2D eigenvalue weighted by molar-refractivity contribution is 7.89. The van der Waals surface area contributed by atoms with E-state index in [4.69, 9.17) is 5.26 Å². The van der Waals surface area contributed by atoms with E-state index >= 15 is 0 Å². The summed E-state index contributed by atoms with van der Waals surface area (Å²) in [6.07, 6.45) is 2.65. The summed E-state index contributed by atoms with van der Waals surface area (Å²) in [5.74, 6) is -1.70. The van der Waals surface area contributed by atoms with Crippen molar-refractivity contribution in [3.63, 3.8) is 0 Å². The Balaban J connectivity index is 1.36. The van der Waals surface area contributed by atoms with E-state index in [2.05, 4.69) is 21.7 Å². The number of anilines is 1. The summed E-state index contributed by atoms with van der Waals surface area (Å²) < 4.78 is 27.9. The summed E-state index contributed by atoms with van der Waals surface area (Å²) in [7, 11) is -3.67. The van der Waals surface area contributed by atoms with Crippen molar-refractivity contribution in [1.82, 2.24) is 14.6 Å². The Morgan fingerprint density at radius 3 is 2.29 bits per heavy atom. The maximum Gasteiger partial charge on any atom is 0.313 e. The lowest BCUT2D eigenvalue weighted by Crippen LogP contribution is -2.47. The van der Waals surface area contributed by atoms with Crippen molar-refractivity contribution in [1.29, 1.82) is 5.26 Å². The summed E-state index contributed by atoms with van der Waals surface area (Å²) >= 11 is 1.35. The Kier molecular flexibility index (Phi) is 8.26. The van der Waals surface area contributed by atoms with Gasteiger partial charge in [-0.3, -0.25) is 9.59 Å². The predicted octanol–water partition coefficient (Wildman–Crippen LogP) is 4.45. The molecule has 11 heteroatoms. The summed E-state index contributed by atoms with van der Waals surface area (Å²) in [6, 6.07) is 14.3. The number of hydrogen-bond acceptors (Lipinski definition) is 7. The van der Waals surface area contributed by atoms with Crippen molar-refractivity contribution in [3.05, 3.63) is 64.5 Å². The van der Waals surface area contributed by atoms with Gasteiger partial charge in [-0.15, -0.1) is 11.3 Å². The second-order valence-corrected chi connectivity index (χ2v) is 12.1. The third kappa shape index (κ3) is 5.93. The standard InChI is InChI=1S/C27H29N5O4S2/c1-17-5-4-6-18(2)32(17)38(35,36)23-13-11-22(12-14-23)30-26(34)25(33)29-19(3)27-31-24(16-37-27)21-9-7-20(15-28)8-10-21/h7-14,16-19H,4-6H2,1-3H3,(H,29,33)(H,30,34). The number of nitrogens with zero attached hydrogens (tertiary/aromatic N) is 3. The van der Waals surface area contributed by atoms with Crippen LogP contribution >= 0.6 is 11.3 Å². The van der Waals surface area contributed by atoms with Gasteiger partial charge >= 0.3 is 11.8 Å². The van der Waals surface area contributed by atoms with Crippen LogP contribution in [0.5, 0.6) is 0 Å². The zero-order valence-electron chi connectivity index (χ0n) is 21.3. The quantitative estimate of drug-likeness (QED) is 0.435. The van der Waals surface area contributed by atoms with Crippen molar-refractivity contribution in [2.45, 2.75) is 63.1 Å². The number of hydrogen-bond donors (Lipinski definition) is 2. The van der Waals surface area contributed by atoms with E-state index in [9.17, 15) is 18.0 Å². The minimum Gasteiger partial charge on any atom is -0.339 e. The Morgan fingerprint density at radius 1 is 1.05 bits per heavy atom. The number of rotatable bonds is 6. The Morgan fingerprint density at radius 2 is 1.68 bits per heavy atom. The SMILES string of the molecule is CC(NC(=O)C(=O)Nc1ccc(S(=O)(=O)N2C(C)CCCC2C)cc1)c1nc(-c2ccc(C#N)cc2)cs1. The van der Waals surface area contributed by atoms with Gasteiger partial charge in [-0.1, -0.05) is 18.6 Å². The Bertz CT molecular complexity index is 1450. The number of aromatic nitrogens is 1. The van der Waals surface area contributed by atoms with Crippen LogP contribution in [0.4, 0.5) is 5.69 Å². The number of amides is 2. The van der Waals surface area contributed by atoms with Crippen LogP contribution in [-0.4, -0.2) is 41.6 Å². The van der Waals surface area contributed by atoms with E-state index < -0.39 is 27.9 Å². The van der Waals surface area contributed by atoms with E-state index in [1.165, 1.54) is 35.6 Å². The lowest BCUT2D eigenvalue weighted by atomic mass is 10.0. The number of carbonyl (C=O) groups excluding carboxylic acids is 2. The number of nitriles is 1. The molecule has 1 saturated heterocycles. The summed E-state index contributed by atoms with van der Waals surface area (Å²) in [5, 5.41) is 16.6. The monoisotopic (exact) mass is 551 g/mol. The molecule has 0 radical (unpaired) electrons. The molecule has 3 atom stereocenters. The van der Waals surface area contributed by atoms with Crippen LogP contribution in [0.2, 0.25) is 0 Å². The summed E-state index contributed by atoms with van der Waals surface area (Å²) in [6.45, 7) is 5.57. The zero-order valence-corrected chi connectivity index (χ0v) is 23.0. The number of carbonyl (C=O) groups is 2. The molecular weight excluding hydrogens is 522 g/mol. The average Bonchev–Trinajstić information content (AvgIpc) is 3.39. The molecule has 2 N–H and O–H groups in total. The molecule has 1 aliphatic rings. The van der Waals surface area contributed by atoms with Crippen molar-refractivity contribution in [2.24, 2.45) is 0 Å². The molecule has 1 aliphatic heterocycles. The zero-order chi connectivity index (χ0) is 27.4. The molecule has 4 rings (SSSR count). The number of benzene rings is 2. The highest BCUT2D eigenvalue weighted by atomic mass is 32.2. The van der Waals surface area contributed by atoms with Gasteiger partial charge in [-0.25, -0.2) is 13.4 Å². The van der Waals surface area contributed by atoms with Gasteiger partial charge in [0.25, 0.3) is 0 Å². The molecule has 1 fully saturated rings. The molecule has 198 valence electrons. The molecule has 2 amide bonds. The maximum atomic E-state index is 13.2. The molecule has 0 aliphatic carbocycles. The number of thiazole rings is 1. The smallest absolute Gasteiger partial charge is 0.313 e. The number of nitrogens with one attached hydrogen (secondary N) is 2. The van der Waals surface area contributed by atoms with E-state index in [0.29, 0.717) is 22.0 Å². The normalized spacial score (nSPS) is 18.8. The molecule has 38 heavy (non-hydrogen) atoms. The van der Waals surface area contributed by atoms with Crippen molar-refractivity contribution < 1.29 is 18.0 Å². The third-order valence-electron chi connectivity index (χ3n) is 6.56. The van der Waals surface area contributed by atoms with Crippen LogP contribution in [0.1, 0.15) is 56.6 Å². The van der Waals surface area contributed by atoms with Gasteiger partial charge in [-0.2, -0.15) is 9.57 Å². The van der Waals surface area contributed by atoms with Crippen molar-refractivity contribution in [3.8, 4) is 17.3 Å². The molecule has 0 saturated carbocycles. The second-order valence-electron chi connectivity index (χ2n) is 9.40. The lowest BCUT2D eigenvalue weighted by Gasteiger charge is -2.37. The fraction of sp³-hybridized carbons (Fsp3) is 0.333. The van der Waals surface area contributed by atoms with Crippen LogP contribution < -0.4 is 10.6 Å². The fourth-order valence-corrected chi connectivity index (χ4v) is 7.27. The predicted molar refractivity (Wildman–Crippen MR) is 146 cm³/mol. The molecule has 1 aromatic heterocycles. The molecule has 9 nitrogen and oxygen atoms in total. The lowest BCUT2D eigenvalue weighted by molar-refractivity contribution is -0.136. The first-order valence-electron chi connectivity index (χ1n) is 12.3. The topological polar surface area (TPSA) is 132 Å². The minimum atomic E-state index is -3.67. The number of sulfonamides is 1. The van der Waals surface area contributed by atoms with Gasteiger partial charge in [-0.05, 0) is 70.0 Å². The van der Waals surface area contributed by atoms with Crippen LogP contribution in [0.3, 0.4) is 0 Å². The maximum absolute atomic E-state index is 13.2. The molecule has 0 bridgehead atoms. The van der Waals surface area contributed by atoms with Crippen molar-refractivity contribution in [2.75, 3.05) is 5.32 Å². The first-order valence-corrected chi connectivity index (χ1v) is 14.6. The van der Waals surface area contributed by atoms with E-state index in [0.717, 1.165) is 24.8 Å². The van der Waals surface area contributed by atoms with Crippen LogP contribution in [-0.2, 0) is 19.6 Å². The van der Waals surface area contributed by atoms with Gasteiger partial charge in [0.05, 0.1) is 28.3 Å².